The Kier molecular flexibility index (Phi) is 5.35. The van der Waals surface area contributed by atoms with Gasteiger partial charge in [-0.05, 0) is 30.7 Å². The van der Waals surface area contributed by atoms with Crippen LogP contribution in [0.3, 0.4) is 0 Å². The van der Waals surface area contributed by atoms with E-state index in [1.807, 2.05) is 44.2 Å². The first kappa shape index (κ1) is 14.7. The molecule has 1 rings (SSSR count). The third-order valence-corrected chi connectivity index (χ3v) is 3.38. The van der Waals surface area contributed by atoms with Crippen LogP contribution in [-0.2, 0) is 11.2 Å². The molecule has 0 heterocycles. The first-order valence-corrected chi connectivity index (χ1v) is 6.47. The van der Waals surface area contributed by atoms with Crippen molar-refractivity contribution in [1.29, 1.82) is 0 Å². The number of hydrogen-bond acceptors (Lipinski definition) is 2. The predicted molar refractivity (Wildman–Crippen MR) is 73.3 cm³/mol. The van der Waals surface area contributed by atoms with E-state index in [0.717, 1.165) is 6.42 Å². The highest BCUT2D eigenvalue weighted by Crippen LogP contribution is 2.31. The summed E-state index contributed by atoms with van der Waals surface area (Å²) >= 11 is 0. The molecule has 100 valence electrons. The summed E-state index contributed by atoms with van der Waals surface area (Å²) in [6, 6.07) is 9.97. The van der Waals surface area contributed by atoms with Crippen molar-refractivity contribution in [2.45, 2.75) is 33.1 Å². The molecular formula is C15H23NO2. The Hall–Kier alpha value is -1.35. The van der Waals surface area contributed by atoms with Crippen molar-refractivity contribution in [2.24, 2.45) is 17.1 Å². The SMILES string of the molecule is CC(C)CC(CN)(CCc1ccccc1)C(=O)O. The van der Waals surface area contributed by atoms with Crippen molar-refractivity contribution in [2.75, 3.05) is 6.54 Å². The molecule has 3 N–H and O–H groups in total. The van der Waals surface area contributed by atoms with E-state index in [1.165, 1.54) is 5.56 Å². The topological polar surface area (TPSA) is 63.3 Å². The van der Waals surface area contributed by atoms with E-state index < -0.39 is 11.4 Å². The van der Waals surface area contributed by atoms with Crippen LogP contribution in [0.5, 0.6) is 0 Å². The number of rotatable bonds is 7. The lowest BCUT2D eigenvalue weighted by Crippen LogP contribution is -2.40. The maximum Gasteiger partial charge on any atom is 0.310 e. The van der Waals surface area contributed by atoms with Gasteiger partial charge in [0.15, 0.2) is 0 Å². The van der Waals surface area contributed by atoms with Gasteiger partial charge in [-0.1, -0.05) is 44.2 Å². The zero-order chi connectivity index (χ0) is 13.6. The van der Waals surface area contributed by atoms with Crippen LogP contribution in [0.15, 0.2) is 30.3 Å². The van der Waals surface area contributed by atoms with Gasteiger partial charge in [-0.3, -0.25) is 4.79 Å². The van der Waals surface area contributed by atoms with Crippen LogP contribution in [0.2, 0.25) is 0 Å². The fourth-order valence-electron chi connectivity index (χ4n) is 2.38. The summed E-state index contributed by atoms with van der Waals surface area (Å²) < 4.78 is 0. The average Bonchev–Trinajstić information content (AvgIpc) is 2.35. The molecule has 1 aromatic rings. The summed E-state index contributed by atoms with van der Waals surface area (Å²) in [6.45, 7) is 4.28. The highest BCUT2D eigenvalue weighted by molar-refractivity contribution is 5.75. The van der Waals surface area contributed by atoms with E-state index in [1.54, 1.807) is 0 Å². The number of carbonyl (C=O) groups is 1. The zero-order valence-electron chi connectivity index (χ0n) is 11.2. The van der Waals surface area contributed by atoms with Crippen molar-refractivity contribution >= 4 is 5.97 Å². The molecule has 0 amide bonds. The number of aliphatic carboxylic acids is 1. The quantitative estimate of drug-likeness (QED) is 0.781. The minimum Gasteiger partial charge on any atom is -0.481 e. The highest BCUT2D eigenvalue weighted by Gasteiger charge is 2.37. The minimum absolute atomic E-state index is 0.202. The zero-order valence-corrected chi connectivity index (χ0v) is 11.2. The van der Waals surface area contributed by atoms with E-state index in [2.05, 4.69) is 0 Å². The highest BCUT2D eigenvalue weighted by atomic mass is 16.4. The molecule has 0 aromatic heterocycles. The lowest BCUT2D eigenvalue weighted by atomic mass is 9.76. The maximum absolute atomic E-state index is 11.5. The molecule has 0 aliphatic rings. The molecule has 0 saturated carbocycles. The van der Waals surface area contributed by atoms with Gasteiger partial charge in [0.25, 0.3) is 0 Å². The Morgan fingerprint density at radius 1 is 1.33 bits per heavy atom. The monoisotopic (exact) mass is 249 g/mol. The number of aryl methyl sites for hydroxylation is 1. The summed E-state index contributed by atoms with van der Waals surface area (Å²) in [6.07, 6.45) is 1.99. The van der Waals surface area contributed by atoms with E-state index in [-0.39, 0.29) is 6.54 Å². The lowest BCUT2D eigenvalue weighted by Gasteiger charge is -2.29. The van der Waals surface area contributed by atoms with Gasteiger partial charge >= 0.3 is 5.97 Å². The van der Waals surface area contributed by atoms with Crippen LogP contribution in [0.1, 0.15) is 32.3 Å². The molecule has 0 bridgehead atoms. The Morgan fingerprint density at radius 2 is 1.94 bits per heavy atom. The Morgan fingerprint density at radius 3 is 2.39 bits per heavy atom. The van der Waals surface area contributed by atoms with Gasteiger partial charge in [-0.15, -0.1) is 0 Å². The third kappa shape index (κ3) is 3.84. The van der Waals surface area contributed by atoms with Gasteiger partial charge in [0.1, 0.15) is 0 Å². The van der Waals surface area contributed by atoms with Crippen molar-refractivity contribution in [3.63, 3.8) is 0 Å². The summed E-state index contributed by atoms with van der Waals surface area (Å²) in [4.78, 5) is 11.5. The molecule has 0 aliphatic carbocycles. The van der Waals surface area contributed by atoms with Crippen LogP contribution >= 0.6 is 0 Å². The van der Waals surface area contributed by atoms with Crippen LogP contribution < -0.4 is 5.73 Å². The fraction of sp³-hybridized carbons (Fsp3) is 0.533. The molecule has 0 radical (unpaired) electrons. The number of hydrogen-bond donors (Lipinski definition) is 2. The standard InChI is InChI=1S/C15H23NO2/c1-12(2)10-15(11-16,14(17)18)9-8-13-6-4-3-5-7-13/h3-7,12H,8-11,16H2,1-2H3,(H,17,18). The van der Waals surface area contributed by atoms with Crippen molar-refractivity contribution in [3.05, 3.63) is 35.9 Å². The summed E-state index contributed by atoms with van der Waals surface area (Å²) in [5.74, 6) is -0.435. The molecular weight excluding hydrogens is 226 g/mol. The van der Waals surface area contributed by atoms with Crippen molar-refractivity contribution < 1.29 is 9.90 Å². The number of nitrogens with two attached hydrogens (primary N) is 1. The Balaban J connectivity index is 2.75. The van der Waals surface area contributed by atoms with E-state index >= 15 is 0 Å². The summed E-state index contributed by atoms with van der Waals surface area (Å²) in [7, 11) is 0. The molecule has 3 nitrogen and oxygen atoms in total. The van der Waals surface area contributed by atoms with Crippen LogP contribution in [0.25, 0.3) is 0 Å². The molecule has 18 heavy (non-hydrogen) atoms. The van der Waals surface area contributed by atoms with Gasteiger partial charge in [0, 0.05) is 6.54 Å². The largest absolute Gasteiger partial charge is 0.481 e. The smallest absolute Gasteiger partial charge is 0.310 e. The van der Waals surface area contributed by atoms with E-state index in [0.29, 0.717) is 18.8 Å². The molecule has 0 saturated heterocycles. The van der Waals surface area contributed by atoms with Crippen LogP contribution in [-0.4, -0.2) is 17.6 Å². The first-order chi connectivity index (χ1) is 8.50. The Bertz CT molecular complexity index is 375. The average molecular weight is 249 g/mol. The van der Waals surface area contributed by atoms with Crippen LogP contribution in [0.4, 0.5) is 0 Å². The summed E-state index contributed by atoms with van der Waals surface area (Å²) in [5.41, 5.74) is 6.12. The van der Waals surface area contributed by atoms with Crippen molar-refractivity contribution in [1.82, 2.24) is 0 Å². The molecule has 0 fully saturated rings. The molecule has 3 heteroatoms. The number of carboxylic acid groups (broad SMARTS) is 1. The minimum atomic E-state index is -0.788. The van der Waals surface area contributed by atoms with Gasteiger partial charge in [0.2, 0.25) is 0 Å². The van der Waals surface area contributed by atoms with Crippen molar-refractivity contribution in [3.8, 4) is 0 Å². The van der Waals surface area contributed by atoms with Gasteiger partial charge in [0.05, 0.1) is 5.41 Å². The van der Waals surface area contributed by atoms with E-state index in [9.17, 15) is 9.90 Å². The van der Waals surface area contributed by atoms with Crippen LogP contribution in [0, 0.1) is 11.3 Å². The van der Waals surface area contributed by atoms with Gasteiger partial charge < -0.3 is 10.8 Å². The number of benzene rings is 1. The summed E-state index contributed by atoms with van der Waals surface area (Å²) in [5, 5.41) is 9.47. The lowest BCUT2D eigenvalue weighted by molar-refractivity contribution is -0.149. The first-order valence-electron chi connectivity index (χ1n) is 6.47. The maximum atomic E-state index is 11.5. The molecule has 0 spiro atoms. The normalized spacial score (nSPS) is 14.4. The Labute approximate surface area is 109 Å². The molecule has 1 unspecified atom stereocenters. The molecule has 1 atom stereocenters. The van der Waals surface area contributed by atoms with E-state index in [4.69, 9.17) is 5.73 Å². The second kappa shape index (κ2) is 6.55. The number of carboxylic acids is 1. The second-order valence-corrected chi connectivity index (χ2v) is 5.37. The fourth-order valence-corrected chi connectivity index (χ4v) is 2.38. The van der Waals surface area contributed by atoms with Gasteiger partial charge in [-0.25, -0.2) is 0 Å². The molecule has 0 aliphatic heterocycles. The molecule has 1 aromatic carbocycles. The predicted octanol–water partition coefficient (Wildman–Crippen LogP) is 2.70. The second-order valence-electron chi connectivity index (χ2n) is 5.37. The third-order valence-electron chi connectivity index (χ3n) is 3.38. The van der Waals surface area contributed by atoms with Gasteiger partial charge in [-0.2, -0.15) is 0 Å².